The van der Waals surface area contributed by atoms with Crippen molar-refractivity contribution < 1.29 is 4.79 Å². The molecule has 0 saturated carbocycles. The van der Waals surface area contributed by atoms with Gasteiger partial charge in [-0.15, -0.1) is 0 Å². The van der Waals surface area contributed by atoms with E-state index in [0.29, 0.717) is 5.92 Å². The van der Waals surface area contributed by atoms with Crippen molar-refractivity contribution in [2.75, 3.05) is 13.1 Å². The third kappa shape index (κ3) is 3.28. The summed E-state index contributed by atoms with van der Waals surface area (Å²) in [5.41, 5.74) is 7.55. The summed E-state index contributed by atoms with van der Waals surface area (Å²) in [5.74, 6) is 0.494. The summed E-state index contributed by atoms with van der Waals surface area (Å²) < 4.78 is 1.92. The van der Waals surface area contributed by atoms with Crippen molar-refractivity contribution in [3.8, 4) is 0 Å². The summed E-state index contributed by atoms with van der Waals surface area (Å²) in [5, 5.41) is 4.40. The smallest absolute Gasteiger partial charge is 0.257 e. The number of hydrogen-bond acceptors (Lipinski definition) is 3. The molecule has 0 unspecified atom stereocenters. The number of nitrogens with two attached hydrogens (primary N) is 1. The predicted molar refractivity (Wildman–Crippen MR) is 84.2 cm³/mol. The van der Waals surface area contributed by atoms with Crippen LogP contribution in [0.15, 0.2) is 6.20 Å². The quantitative estimate of drug-likeness (QED) is 0.908. The van der Waals surface area contributed by atoms with Crippen LogP contribution in [0.3, 0.4) is 0 Å². The Kier molecular flexibility index (Phi) is 4.42. The molecule has 2 N–H and O–H groups in total. The van der Waals surface area contributed by atoms with E-state index >= 15 is 0 Å². The molecule has 0 spiro atoms. The number of carbonyl (C=O) groups excluding carboxylic acids is 1. The number of carbonyl (C=O) groups is 1. The van der Waals surface area contributed by atoms with E-state index in [2.05, 4.69) is 25.9 Å². The SMILES string of the molecule is Cc1c(C(=O)N2CCC[C@@H]([C@@H](C)N)C2)cnn1C(C)(C)C. The van der Waals surface area contributed by atoms with Crippen molar-refractivity contribution in [2.24, 2.45) is 11.7 Å². The maximum atomic E-state index is 12.8. The van der Waals surface area contributed by atoms with Crippen molar-refractivity contribution in [3.63, 3.8) is 0 Å². The maximum absolute atomic E-state index is 12.8. The molecule has 1 saturated heterocycles. The molecule has 2 atom stereocenters. The van der Waals surface area contributed by atoms with Gasteiger partial charge in [-0.1, -0.05) is 0 Å². The van der Waals surface area contributed by atoms with Gasteiger partial charge in [0.25, 0.3) is 5.91 Å². The standard InChI is InChI=1S/C16H28N4O/c1-11(17)13-7-6-8-19(10-13)15(21)14-9-18-20(12(14)2)16(3,4)5/h9,11,13H,6-8,10,17H2,1-5H3/t11-,13-/m1/s1. The second-order valence-corrected chi connectivity index (χ2v) is 7.24. The van der Waals surface area contributed by atoms with Gasteiger partial charge in [0.2, 0.25) is 0 Å². The molecule has 1 fully saturated rings. The van der Waals surface area contributed by atoms with Gasteiger partial charge in [-0.25, -0.2) is 0 Å². The molecule has 2 heterocycles. The van der Waals surface area contributed by atoms with Crippen molar-refractivity contribution >= 4 is 5.91 Å². The lowest BCUT2D eigenvalue weighted by Crippen LogP contribution is -2.45. The monoisotopic (exact) mass is 292 g/mol. The van der Waals surface area contributed by atoms with Crippen LogP contribution >= 0.6 is 0 Å². The van der Waals surface area contributed by atoms with Gasteiger partial charge in [-0.05, 0) is 53.4 Å². The van der Waals surface area contributed by atoms with E-state index in [1.807, 2.05) is 23.4 Å². The average molecular weight is 292 g/mol. The van der Waals surface area contributed by atoms with Gasteiger partial charge < -0.3 is 10.6 Å². The Bertz CT molecular complexity index is 513. The molecule has 1 aliphatic rings. The first-order valence-electron chi connectivity index (χ1n) is 7.81. The number of piperidine rings is 1. The summed E-state index contributed by atoms with van der Waals surface area (Å²) in [7, 11) is 0. The van der Waals surface area contributed by atoms with Crippen LogP contribution in [0.1, 0.15) is 56.6 Å². The first-order valence-corrected chi connectivity index (χ1v) is 7.81. The highest BCUT2D eigenvalue weighted by molar-refractivity contribution is 5.95. The van der Waals surface area contributed by atoms with E-state index in [1.165, 1.54) is 0 Å². The third-order valence-electron chi connectivity index (χ3n) is 4.36. The molecule has 0 bridgehead atoms. The predicted octanol–water partition coefficient (Wildman–Crippen LogP) is 2.15. The zero-order valence-electron chi connectivity index (χ0n) is 13.9. The van der Waals surface area contributed by atoms with Crippen LogP contribution in [0, 0.1) is 12.8 Å². The van der Waals surface area contributed by atoms with Crippen LogP contribution in [0.4, 0.5) is 0 Å². The number of rotatable bonds is 2. The minimum absolute atomic E-state index is 0.0911. The molecular weight excluding hydrogens is 264 g/mol. The Morgan fingerprint density at radius 2 is 2.14 bits per heavy atom. The van der Waals surface area contributed by atoms with Gasteiger partial charge in [-0.3, -0.25) is 9.48 Å². The summed E-state index contributed by atoms with van der Waals surface area (Å²) in [6.45, 7) is 11.9. The van der Waals surface area contributed by atoms with Crippen LogP contribution in [0.2, 0.25) is 0 Å². The molecule has 1 aromatic rings. The molecule has 2 rings (SSSR count). The summed E-state index contributed by atoms with van der Waals surface area (Å²) >= 11 is 0. The lowest BCUT2D eigenvalue weighted by Gasteiger charge is -2.34. The molecule has 0 aromatic carbocycles. The first kappa shape index (κ1) is 16.0. The van der Waals surface area contributed by atoms with E-state index in [-0.39, 0.29) is 17.5 Å². The van der Waals surface area contributed by atoms with Gasteiger partial charge in [0, 0.05) is 24.8 Å². The first-order chi connectivity index (χ1) is 9.71. The van der Waals surface area contributed by atoms with Crippen molar-refractivity contribution in [1.82, 2.24) is 14.7 Å². The Labute approximate surface area is 127 Å². The zero-order chi connectivity index (χ0) is 15.8. The van der Waals surface area contributed by atoms with Gasteiger partial charge in [-0.2, -0.15) is 5.10 Å². The number of aromatic nitrogens is 2. The Hall–Kier alpha value is -1.36. The molecule has 1 aliphatic heterocycles. The van der Waals surface area contributed by atoms with Crippen LogP contribution in [0.5, 0.6) is 0 Å². The lowest BCUT2D eigenvalue weighted by atomic mass is 9.92. The highest BCUT2D eigenvalue weighted by Gasteiger charge is 2.29. The Morgan fingerprint density at radius 1 is 1.48 bits per heavy atom. The largest absolute Gasteiger partial charge is 0.338 e. The number of hydrogen-bond donors (Lipinski definition) is 1. The van der Waals surface area contributed by atoms with Crippen LogP contribution in [-0.2, 0) is 5.54 Å². The molecule has 118 valence electrons. The Morgan fingerprint density at radius 3 is 2.67 bits per heavy atom. The molecule has 5 nitrogen and oxygen atoms in total. The maximum Gasteiger partial charge on any atom is 0.257 e. The van der Waals surface area contributed by atoms with Crippen molar-refractivity contribution in [1.29, 1.82) is 0 Å². The normalized spacial score (nSPS) is 21.4. The number of likely N-dealkylation sites (tertiary alicyclic amines) is 1. The second kappa shape index (κ2) is 5.79. The summed E-state index contributed by atoms with van der Waals surface area (Å²) in [6.07, 6.45) is 3.85. The van der Waals surface area contributed by atoms with Crippen LogP contribution in [0.25, 0.3) is 0 Å². The highest BCUT2D eigenvalue weighted by Crippen LogP contribution is 2.23. The van der Waals surface area contributed by atoms with Gasteiger partial charge >= 0.3 is 0 Å². The van der Waals surface area contributed by atoms with Gasteiger partial charge in [0.05, 0.1) is 17.3 Å². The molecule has 0 radical (unpaired) electrons. The van der Waals surface area contributed by atoms with Crippen molar-refractivity contribution in [3.05, 3.63) is 17.5 Å². The van der Waals surface area contributed by atoms with E-state index in [1.54, 1.807) is 6.20 Å². The highest BCUT2D eigenvalue weighted by atomic mass is 16.2. The van der Waals surface area contributed by atoms with E-state index in [0.717, 1.165) is 37.2 Å². The topological polar surface area (TPSA) is 64.2 Å². The van der Waals surface area contributed by atoms with E-state index < -0.39 is 0 Å². The van der Waals surface area contributed by atoms with Gasteiger partial charge in [0.15, 0.2) is 0 Å². The average Bonchev–Trinajstić information content (AvgIpc) is 2.79. The molecular formula is C16H28N4O. The fourth-order valence-corrected chi connectivity index (χ4v) is 3.09. The lowest BCUT2D eigenvalue weighted by molar-refractivity contribution is 0.0660. The number of nitrogens with zero attached hydrogens (tertiary/aromatic N) is 3. The Balaban J connectivity index is 2.19. The minimum atomic E-state index is -0.112. The van der Waals surface area contributed by atoms with E-state index in [4.69, 9.17) is 5.73 Å². The third-order valence-corrected chi connectivity index (χ3v) is 4.36. The van der Waals surface area contributed by atoms with Crippen LogP contribution in [-0.4, -0.2) is 39.7 Å². The number of amides is 1. The van der Waals surface area contributed by atoms with Crippen molar-refractivity contribution in [2.45, 2.75) is 59.0 Å². The van der Waals surface area contributed by atoms with Crippen LogP contribution < -0.4 is 5.73 Å². The zero-order valence-corrected chi connectivity index (χ0v) is 13.9. The van der Waals surface area contributed by atoms with Gasteiger partial charge in [0.1, 0.15) is 0 Å². The molecule has 21 heavy (non-hydrogen) atoms. The fraction of sp³-hybridized carbons (Fsp3) is 0.750. The molecule has 1 amide bonds. The molecule has 0 aliphatic carbocycles. The fourth-order valence-electron chi connectivity index (χ4n) is 3.09. The molecule has 5 heteroatoms. The minimum Gasteiger partial charge on any atom is -0.338 e. The summed E-state index contributed by atoms with van der Waals surface area (Å²) in [6, 6.07) is 0.138. The molecule has 1 aromatic heterocycles. The van der Waals surface area contributed by atoms with E-state index in [9.17, 15) is 4.79 Å². The summed E-state index contributed by atoms with van der Waals surface area (Å²) in [4.78, 5) is 14.7. The second-order valence-electron chi connectivity index (χ2n) is 7.24.